The molecule has 1 aliphatic heterocycles. The molecule has 0 aliphatic carbocycles. The van der Waals surface area contributed by atoms with Crippen molar-refractivity contribution in [2.75, 3.05) is 23.4 Å². The van der Waals surface area contributed by atoms with Crippen molar-refractivity contribution in [2.24, 2.45) is 0 Å². The van der Waals surface area contributed by atoms with E-state index in [1.165, 1.54) is 23.5 Å². The molecule has 1 N–H and O–H groups in total. The van der Waals surface area contributed by atoms with Gasteiger partial charge in [-0.05, 0) is 18.2 Å². The van der Waals surface area contributed by atoms with Gasteiger partial charge >= 0.3 is 0 Å². The third-order valence-electron chi connectivity index (χ3n) is 3.00. The van der Waals surface area contributed by atoms with E-state index in [-0.39, 0.29) is 25.0 Å². The molecule has 2 aromatic rings. The Morgan fingerprint density at radius 1 is 1.41 bits per heavy atom. The first kappa shape index (κ1) is 14.5. The fourth-order valence-corrected chi connectivity index (χ4v) is 2.38. The number of rotatable bonds is 3. The minimum absolute atomic E-state index is 0.0954. The average Bonchev–Trinajstić information content (AvgIpc) is 2.51. The Kier molecular flexibility index (Phi) is 4.01. The summed E-state index contributed by atoms with van der Waals surface area (Å²) < 4.78 is 6.21. The van der Waals surface area contributed by atoms with E-state index in [9.17, 15) is 9.59 Å². The molecular weight excluding hydrogens is 352 g/mol. The lowest BCUT2D eigenvalue weighted by molar-refractivity contribution is -0.123. The summed E-state index contributed by atoms with van der Waals surface area (Å²) in [6.07, 6.45) is 4.42. The summed E-state index contributed by atoms with van der Waals surface area (Å²) in [7, 11) is 0. The number of nitrogens with one attached hydrogen (secondary N) is 1. The van der Waals surface area contributed by atoms with Gasteiger partial charge in [-0.1, -0.05) is 15.9 Å². The van der Waals surface area contributed by atoms with Crippen LogP contribution in [0.25, 0.3) is 0 Å². The Morgan fingerprint density at radius 2 is 2.27 bits per heavy atom. The van der Waals surface area contributed by atoms with Gasteiger partial charge in [0, 0.05) is 16.9 Å². The van der Waals surface area contributed by atoms with Crippen LogP contribution < -0.4 is 15.0 Å². The number of amides is 2. The number of benzene rings is 1. The Hall–Kier alpha value is -2.48. The Bertz CT molecular complexity index is 723. The molecule has 7 nitrogen and oxygen atoms in total. The molecule has 3 rings (SSSR count). The first-order chi connectivity index (χ1) is 10.6. The molecule has 0 fully saturated rings. The highest BCUT2D eigenvalue weighted by Crippen LogP contribution is 2.34. The second-order valence-corrected chi connectivity index (χ2v) is 5.44. The van der Waals surface area contributed by atoms with Crippen molar-refractivity contribution in [3.8, 4) is 5.75 Å². The fraction of sp³-hybridized carbons (Fsp3) is 0.143. The number of hydrogen-bond acceptors (Lipinski definition) is 5. The van der Waals surface area contributed by atoms with Crippen molar-refractivity contribution in [3.63, 3.8) is 0 Å². The highest BCUT2D eigenvalue weighted by atomic mass is 79.9. The molecule has 0 unspecified atom stereocenters. The lowest BCUT2D eigenvalue weighted by atomic mass is 10.2. The van der Waals surface area contributed by atoms with E-state index in [0.29, 0.717) is 17.3 Å². The quantitative estimate of drug-likeness (QED) is 0.896. The third-order valence-corrected chi connectivity index (χ3v) is 3.49. The Balaban J connectivity index is 1.77. The molecule has 0 saturated carbocycles. The molecule has 2 amide bonds. The smallest absolute Gasteiger partial charge is 0.265 e. The van der Waals surface area contributed by atoms with Crippen LogP contribution in [0.1, 0.15) is 0 Å². The number of hydrogen-bond donors (Lipinski definition) is 1. The minimum Gasteiger partial charge on any atom is -0.482 e. The second kappa shape index (κ2) is 6.10. The minimum atomic E-state index is -0.357. The van der Waals surface area contributed by atoms with Gasteiger partial charge in [-0.15, -0.1) is 0 Å². The molecule has 1 aromatic heterocycles. The number of aromatic nitrogens is 2. The van der Waals surface area contributed by atoms with Crippen LogP contribution in [-0.2, 0) is 9.59 Å². The van der Waals surface area contributed by atoms with Crippen LogP contribution >= 0.6 is 15.9 Å². The Morgan fingerprint density at radius 3 is 3.05 bits per heavy atom. The SMILES string of the molecule is O=C(CN1C(=O)COc2cc(Br)ccc21)Nc1cnccn1. The molecule has 8 heteroatoms. The maximum atomic E-state index is 12.1. The van der Waals surface area contributed by atoms with Crippen LogP contribution in [0.3, 0.4) is 0 Å². The highest BCUT2D eigenvalue weighted by molar-refractivity contribution is 9.10. The van der Waals surface area contributed by atoms with Crippen molar-refractivity contribution in [2.45, 2.75) is 0 Å². The van der Waals surface area contributed by atoms with Crippen molar-refractivity contribution < 1.29 is 14.3 Å². The first-order valence-electron chi connectivity index (χ1n) is 6.42. The molecule has 112 valence electrons. The van der Waals surface area contributed by atoms with Crippen molar-refractivity contribution >= 4 is 39.2 Å². The van der Waals surface area contributed by atoms with E-state index < -0.39 is 0 Å². The standard InChI is InChI=1S/C14H11BrN4O3/c15-9-1-2-10-11(5-9)22-8-14(21)19(10)7-13(20)18-12-6-16-3-4-17-12/h1-6H,7-8H2,(H,17,18,20). The molecule has 0 spiro atoms. The number of ether oxygens (including phenoxy) is 1. The van der Waals surface area contributed by atoms with Gasteiger partial charge in [0.25, 0.3) is 5.91 Å². The van der Waals surface area contributed by atoms with Crippen molar-refractivity contribution in [1.82, 2.24) is 9.97 Å². The highest BCUT2D eigenvalue weighted by Gasteiger charge is 2.27. The summed E-state index contributed by atoms with van der Waals surface area (Å²) in [5, 5.41) is 2.60. The van der Waals surface area contributed by atoms with Crippen molar-refractivity contribution in [1.29, 1.82) is 0 Å². The zero-order valence-corrected chi connectivity index (χ0v) is 12.9. The zero-order chi connectivity index (χ0) is 15.5. The summed E-state index contributed by atoms with van der Waals surface area (Å²) in [6, 6.07) is 5.27. The van der Waals surface area contributed by atoms with Crippen LogP contribution in [0, 0.1) is 0 Å². The van der Waals surface area contributed by atoms with Crippen LogP contribution in [0.4, 0.5) is 11.5 Å². The molecule has 1 aromatic carbocycles. The summed E-state index contributed by atoms with van der Waals surface area (Å²) in [5.74, 6) is 0.263. The first-order valence-corrected chi connectivity index (χ1v) is 7.21. The second-order valence-electron chi connectivity index (χ2n) is 4.52. The van der Waals surface area contributed by atoms with E-state index in [2.05, 4.69) is 31.2 Å². The number of halogens is 1. The summed E-state index contributed by atoms with van der Waals surface area (Å²) in [6.45, 7) is -0.213. The summed E-state index contributed by atoms with van der Waals surface area (Å²) in [5.41, 5.74) is 0.564. The van der Waals surface area contributed by atoms with Gasteiger partial charge in [0.15, 0.2) is 12.4 Å². The lowest BCUT2D eigenvalue weighted by Crippen LogP contribution is -2.43. The van der Waals surface area contributed by atoms with Crippen LogP contribution in [0.15, 0.2) is 41.3 Å². The topological polar surface area (TPSA) is 84.4 Å². The molecule has 0 saturated heterocycles. The lowest BCUT2D eigenvalue weighted by Gasteiger charge is -2.28. The fourth-order valence-electron chi connectivity index (χ4n) is 2.04. The van der Waals surface area contributed by atoms with Gasteiger partial charge in [0.05, 0.1) is 11.9 Å². The number of fused-ring (bicyclic) bond motifs is 1. The van der Waals surface area contributed by atoms with Crippen LogP contribution in [0.2, 0.25) is 0 Å². The zero-order valence-electron chi connectivity index (χ0n) is 11.3. The van der Waals surface area contributed by atoms with Gasteiger partial charge < -0.3 is 10.1 Å². The third kappa shape index (κ3) is 3.06. The average molecular weight is 363 g/mol. The van der Waals surface area contributed by atoms with Crippen LogP contribution in [0.5, 0.6) is 5.75 Å². The maximum Gasteiger partial charge on any atom is 0.265 e. The number of nitrogens with zero attached hydrogens (tertiary/aromatic N) is 3. The molecule has 0 radical (unpaired) electrons. The van der Waals surface area contributed by atoms with Gasteiger partial charge in [0.2, 0.25) is 5.91 Å². The largest absolute Gasteiger partial charge is 0.482 e. The Labute approximate surface area is 134 Å². The molecule has 2 heterocycles. The molecule has 0 bridgehead atoms. The molecule has 22 heavy (non-hydrogen) atoms. The maximum absolute atomic E-state index is 12.1. The molecule has 1 aliphatic rings. The molecule has 0 atom stereocenters. The normalized spacial score (nSPS) is 13.3. The van der Waals surface area contributed by atoms with Gasteiger partial charge in [-0.25, -0.2) is 4.98 Å². The molecular formula is C14H11BrN4O3. The van der Waals surface area contributed by atoms with E-state index in [1.807, 2.05) is 0 Å². The van der Waals surface area contributed by atoms with Gasteiger partial charge in [0.1, 0.15) is 12.3 Å². The summed E-state index contributed by atoms with van der Waals surface area (Å²) in [4.78, 5) is 33.3. The van der Waals surface area contributed by atoms with E-state index in [4.69, 9.17) is 4.74 Å². The number of carbonyl (C=O) groups excluding carboxylic acids is 2. The van der Waals surface area contributed by atoms with E-state index in [0.717, 1.165) is 4.47 Å². The van der Waals surface area contributed by atoms with Gasteiger partial charge in [-0.2, -0.15) is 0 Å². The van der Waals surface area contributed by atoms with Crippen LogP contribution in [-0.4, -0.2) is 34.9 Å². The van der Waals surface area contributed by atoms with E-state index in [1.54, 1.807) is 18.2 Å². The monoisotopic (exact) mass is 362 g/mol. The van der Waals surface area contributed by atoms with Crippen molar-refractivity contribution in [3.05, 3.63) is 41.3 Å². The number of anilines is 2. The predicted molar refractivity (Wildman–Crippen MR) is 82.7 cm³/mol. The predicted octanol–water partition coefficient (Wildman–Crippen LogP) is 1.60. The van der Waals surface area contributed by atoms with E-state index >= 15 is 0 Å². The summed E-state index contributed by atoms with van der Waals surface area (Å²) >= 11 is 3.34. The number of carbonyl (C=O) groups is 2. The van der Waals surface area contributed by atoms with Gasteiger partial charge in [-0.3, -0.25) is 19.5 Å².